The molecule has 0 radical (unpaired) electrons. The van der Waals surface area contributed by atoms with Gasteiger partial charge in [0.1, 0.15) is 5.75 Å². The summed E-state index contributed by atoms with van der Waals surface area (Å²) < 4.78 is 5.43. The lowest BCUT2D eigenvalue weighted by Crippen LogP contribution is -2.46. The summed E-state index contributed by atoms with van der Waals surface area (Å²) in [5.41, 5.74) is 1.00. The Morgan fingerprint density at radius 1 is 1.20 bits per heavy atom. The molecule has 5 nitrogen and oxygen atoms in total. The molecule has 2 amide bonds. The Bertz CT molecular complexity index is 642. The normalized spacial score (nSPS) is 21.6. The number of hydrogen-bond donors (Lipinski definition) is 0. The van der Waals surface area contributed by atoms with Crippen LogP contribution in [0.15, 0.2) is 24.3 Å². The average molecular weight is 344 g/mol. The molecule has 2 aliphatic rings. The summed E-state index contributed by atoms with van der Waals surface area (Å²) in [6.45, 7) is 3.38. The molecule has 0 N–H and O–H groups in total. The first-order chi connectivity index (χ1) is 12.0. The Morgan fingerprint density at radius 3 is 2.60 bits per heavy atom. The van der Waals surface area contributed by atoms with Crippen LogP contribution in [-0.2, 0) is 9.59 Å². The van der Waals surface area contributed by atoms with E-state index in [1.54, 1.807) is 12.0 Å². The summed E-state index contributed by atoms with van der Waals surface area (Å²) >= 11 is 0. The number of methoxy groups -OCH3 is 1. The first-order valence-electron chi connectivity index (χ1n) is 9.21. The third-order valence-electron chi connectivity index (χ3n) is 5.53. The zero-order valence-corrected chi connectivity index (χ0v) is 15.4. The lowest BCUT2D eigenvalue weighted by Gasteiger charge is -2.36. The van der Waals surface area contributed by atoms with Crippen molar-refractivity contribution >= 4 is 11.8 Å². The third kappa shape index (κ3) is 3.80. The number of likely N-dealkylation sites (tertiary alicyclic amines) is 1. The zero-order chi connectivity index (χ0) is 18.0. The molecule has 2 fully saturated rings. The maximum atomic E-state index is 13.0. The molecule has 3 rings (SSSR count). The number of nitrogens with zero attached hydrogens (tertiary/aromatic N) is 2. The van der Waals surface area contributed by atoms with E-state index >= 15 is 0 Å². The summed E-state index contributed by atoms with van der Waals surface area (Å²) in [4.78, 5) is 29.0. The van der Waals surface area contributed by atoms with Gasteiger partial charge in [0.05, 0.1) is 19.1 Å². The Balaban J connectivity index is 1.67. The van der Waals surface area contributed by atoms with E-state index in [0.29, 0.717) is 6.54 Å². The van der Waals surface area contributed by atoms with Gasteiger partial charge in [-0.15, -0.1) is 0 Å². The molecule has 1 saturated heterocycles. The molecule has 25 heavy (non-hydrogen) atoms. The van der Waals surface area contributed by atoms with Crippen LogP contribution in [0.1, 0.15) is 44.2 Å². The fourth-order valence-corrected chi connectivity index (χ4v) is 3.67. The maximum Gasteiger partial charge on any atom is 0.227 e. The van der Waals surface area contributed by atoms with Crippen molar-refractivity contribution in [2.75, 3.05) is 27.2 Å². The number of hydrogen-bond acceptors (Lipinski definition) is 3. The number of ether oxygens (including phenoxy) is 1. The van der Waals surface area contributed by atoms with E-state index < -0.39 is 0 Å². The zero-order valence-electron chi connectivity index (χ0n) is 15.4. The molecule has 1 heterocycles. The van der Waals surface area contributed by atoms with Gasteiger partial charge in [0.2, 0.25) is 11.8 Å². The van der Waals surface area contributed by atoms with E-state index in [9.17, 15) is 9.59 Å². The Hall–Kier alpha value is -2.04. The van der Waals surface area contributed by atoms with Gasteiger partial charge < -0.3 is 14.5 Å². The van der Waals surface area contributed by atoms with Crippen molar-refractivity contribution in [1.82, 2.24) is 9.80 Å². The van der Waals surface area contributed by atoms with Gasteiger partial charge in [-0.05, 0) is 38.7 Å². The largest absolute Gasteiger partial charge is 0.496 e. The summed E-state index contributed by atoms with van der Waals surface area (Å²) in [5.74, 6) is 1.28. The molecule has 1 aromatic carbocycles. The van der Waals surface area contributed by atoms with Crippen LogP contribution in [0.25, 0.3) is 0 Å². The highest BCUT2D eigenvalue weighted by molar-refractivity contribution is 5.83. The van der Waals surface area contributed by atoms with Crippen LogP contribution in [0, 0.1) is 11.8 Å². The van der Waals surface area contributed by atoms with E-state index in [0.717, 1.165) is 43.5 Å². The Kier molecular flexibility index (Phi) is 5.30. The average Bonchev–Trinajstić information content (AvgIpc) is 3.51. The predicted octanol–water partition coefficient (Wildman–Crippen LogP) is 2.86. The Morgan fingerprint density at radius 2 is 1.92 bits per heavy atom. The minimum absolute atomic E-state index is 0.0711. The van der Waals surface area contributed by atoms with Gasteiger partial charge in [0.15, 0.2) is 0 Å². The third-order valence-corrected chi connectivity index (χ3v) is 5.53. The molecule has 1 aliphatic heterocycles. The van der Waals surface area contributed by atoms with E-state index in [-0.39, 0.29) is 29.7 Å². The van der Waals surface area contributed by atoms with E-state index in [4.69, 9.17) is 4.74 Å². The first-order valence-corrected chi connectivity index (χ1v) is 9.21. The number of amides is 2. The molecule has 0 unspecified atom stereocenters. The fraction of sp³-hybridized carbons (Fsp3) is 0.600. The van der Waals surface area contributed by atoms with Crippen molar-refractivity contribution in [3.8, 4) is 5.75 Å². The molecule has 5 heteroatoms. The molecule has 1 aliphatic carbocycles. The summed E-state index contributed by atoms with van der Waals surface area (Å²) in [5, 5.41) is 0. The van der Waals surface area contributed by atoms with Crippen molar-refractivity contribution in [1.29, 1.82) is 0 Å². The van der Waals surface area contributed by atoms with Gasteiger partial charge in [-0.1, -0.05) is 18.2 Å². The van der Waals surface area contributed by atoms with Gasteiger partial charge >= 0.3 is 0 Å². The predicted molar refractivity (Wildman–Crippen MR) is 96.2 cm³/mol. The molecule has 136 valence electrons. The highest BCUT2D eigenvalue weighted by Gasteiger charge is 2.37. The van der Waals surface area contributed by atoms with E-state index in [2.05, 4.69) is 0 Å². The fourth-order valence-electron chi connectivity index (χ4n) is 3.67. The van der Waals surface area contributed by atoms with Crippen molar-refractivity contribution in [2.24, 2.45) is 11.8 Å². The summed E-state index contributed by atoms with van der Waals surface area (Å²) in [6.07, 6.45) is 3.79. The second-order valence-electron chi connectivity index (χ2n) is 7.26. The van der Waals surface area contributed by atoms with Crippen LogP contribution in [0.3, 0.4) is 0 Å². The standard InChI is InChI=1S/C20H28N2O3/c1-14(17-8-4-5-9-18(17)25-3)21(2)19(23)16-7-6-12-22(13-16)20(24)15-10-11-15/h4-5,8-9,14-16H,6-7,10-13H2,1-3H3/t14-,16+/m1/s1. The maximum absolute atomic E-state index is 13.0. The van der Waals surface area contributed by atoms with Crippen LogP contribution in [0.2, 0.25) is 0 Å². The first kappa shape index (κ1) is 17.8. The number of carbonyl (C=O) groups is 2. The number of para-hydroxylation sites is 1. The molecule has 2 atom stereocenters. The monoisotopic (exact) mass is 344 g/mol. The molecule has 0 spiro atoms. The lowest BCUT2D eigenvalue weighted by molar-refractivity contribution is -0.141. The molecular weight excluding hydrogens is 316 g/mol. The van der Waals surface area contributed by atoms with Crippen molar-refractivity contribution in [3.05, 3.63) is 29.8 Å². The second kappa shape index (κ2) is 7.46. The number of benzene rings is 1. The van der Waals surface area contributed by atoms with Gasteiger partial charge in [-0.25, -0.2) is 0 Å². The molecular formula is C20H28N2O3. The molecule has 1 aromatic rings. The van der Waals surface area contributed by atoms with Gasteiger partial charge in [0, 0.05) is 31.6 Å². The highest BCUT2D eigenvalue weighted by atomic mass is 16.5. The van der Waals surface area contributed by atoms with Crippen LogP contribution in [0.5, 0.6) is 5.75 Å². The molecule has 0 bridgehead atoms. The van der Waals surface area contributed by atoms with Crippen molar-refractivity contribution in [2.45, 2.75) is 38.6 Å². The van der Waals surface area contributed by atoms with Crippen LogP contribution < -0.4 is 4.74 Å². The molecule has 0 aromatic heterocycles. The van der Waals surface area contributed by atoms with Crippen molar-refractivity contribution in [3.63, 3.8) is 0 Å². The van der Waals surface area contributed by atoms with Crippen LogP contribution in [0.4, 0.5) is 0 Å². The number of carbonyl (C=O) groups excluding carboxylic acids is 2. The van der Waals surface area contributed by atoms with E-state index in [1.165, 1.54) is 0 Å². The quantitative estimate of drug-likeness (QED) is 0.825. The minimum Gasteiger partial charge on any atom is -0.496 e. The minimum atomic E-state index is -0.0985. The van der Waals surface area contributed by atoms with Crippen molar-refractivity contribution < 1.29 is 14.3 Å². The highest BCUT2D eigenvalue weighted by Crippen LogP contribution is 2.34. The topological polar surface area (TPSA) is 49.9 Å². The SMILES string of the molecule is COc1ccccc1[C@@H](C)N(C)C(=O)[C@H]1CCCN(C(=O)C2CC2)C1. The number of piperidine rings is 1. The summed E-state index contributed by atoms with van der Waals surface area (Å²) in [7, 11) is 3.50. The molecule has 1 saturated carbocycles. The smallest absolute Gasteiger partial charge is 0.227 e. The van der Waals surface area contributed by atoms with Gasteiger partial charge in [-0.2, -0.15) is 0 Å². The second-order valence-corrected chi connectivity index (χ2v) is 7.26. The van der Waals surface area contributed by atoms with E-state index in [1.807, 2.05) is 43.1 Å². The van der Waals surface area contributed by atoms with Crippen LogP contribution in [-0.4, -0.2) is 48.9 Å². The number of rotatable bonds is 5. The lowest BCUT2D eigenvalue weighted by atomic mass is 9.95. The summed E-state index contributed by atoms with van der Waals surface area (Å²) in [6, 6.07) is 7.73. The van der Waals surface area contributed by atoms with Crippen LogP contribution >= 0.6 is 0 Å². The Labute approximate surface area is 149 Å². The van der Waals surface area contributed by atoms with Gasteiger partial charge in [-0.3, -0.25) is 9.59 Å². The van der Waals surface area contributed by atoms with Gasteiger partial charge in [0.25, 0.3) is 0 Å².